The van der Waals surface area contributed by atoms with Gasteiger partial charge in [-0.3, -0.25) is 4.98 Å². The Bertz CT molecular complexity index is 390. The Morgan fingerprint density at radius 1 is 1.64 bits per heavy atom. The Hall–Kier alpha value is -0.290. The number of halogens is 4. The lowest BCUT2D eigenvalue weighted by Crippen LogP contribution is -1.98. The fraction of sp³-hybridized carbons (Fsp3) is 0.250. The molecule has 0 atom stereocenters. The van der Waals surface area contributed by atoms with Crippen molar-refractivity contribution in [3.8, 4) is 6.07 Å². The molecule has 0 amide bonds. The zero-order valence-corrected chi connectivity index (χ0v) is 10.5. The molecular weight excluding hydrogens is 369 g/mol. The molecule has 1 aromatic heterocycles. The van der Waals surface area contributed by atoms with Gasteiger partial charge in [0, 0.05) is 10.7 Å². The first kappa shape index (κ1) is 11.8. The molecule has 6 heteroatoms. The molecule has 0 aliphatic carbocycles. The van der Waals surface area contributed by atoms with E-state index in [1.54, 1.807) is 0 Å². The van der Waals surface area contributed by atoms with Gasteiger partial charge in [-0.05, 0) is 38.5 Å². The lowest BCUT2D eigenvalue weighted by Gasteiger charge is -2.07. The molecule has 0 saturated carbocycles. The summed E-state index contributed by atoms with van der Waals surface area (Å²) in [5.41, 5.74) is 0.375. The molecule has 0 saturated heterocycles. The molecule has 0 aromatic carbocycles. The minimum Gasteiger partial charge on any atom is -0.259 e. The van der Waals surface area contributed by atoms with Gasteiger partial charge in [0.05, 0.1) is 27.3 Å². The first-order valence-electron chi connectivity index (χ1n) is 3.55. The van der Waals surface area contributed by atoms with E-state index in [1.807, 2.05) is 28.7 Å². The van der Waals surface area contributed by atoms with Crippen LogP contribution in [0, 0.1) is 14.9 Å². The average Bonchev–Trinajstić information content (AvgIpc) is 2.13. The number of rotatable bonds is 2. The highest BCUT2D eigenvalue weighted by molar-refractivity contribution is 14.1. The van der Waals surface area contributed by atoms with Crippen LogP contribution in [0.5, 0.6) is 0 Å². The predicted octanol–water partition coefficient (Wildman–Crippen LogP) is 3.45. The maximum Gasteiger partial charge on any atom is 0.266 e. The van der Waals surface area contributed by atoms with Gasteiger partial charge in [-0.25, -0.2) is 8.78 Å². The van der Waals surface area contributed by atoms with Crippen molar-refractivity contribution in [2.24, 2.45) is 0 Å². The summed E-state index contributed by atoms with van der Waals surface area (Å²) in [5.74, 6) is 0. The third kappa shape index (κ3) is 2.39. The summed E-state index contributed by atoms with van der Waals surface area (Å²) in [6.07, 6.45) is -1.33. The van der Waals surface area contributed by atoms with E-state index < -0.39 is 6.43 Å². The molecule has 0 aliphatic heterocycles. The normalized spacial score (nSPS) is 10.3. The minimum absolute atomic E-state index is 0.125. The number of nitriles is 1. The molecule has 1 rings (SSSR count). The van der Waals surface area contributed by atoms with Gasteiger partial charge in [-0.15, -0.1) is 0 Å². The lowest BCUT2D eigenvalue weighted by molar-refractivity contribution is 0.150. The van der Waals surface area contributed by atoms with E-state index in [4.69, 9.17) is 5.26 Å². The maximum absolute atomic E-state index is 12.4. The monoisotopic (exact) mass is 372 g/mol. The molecule has 0 unspecified atom stereocenters. The van der Waals surface area contributed by atoms with Gasteiger partial charge in [0.15, 0.2) is 0 Å². The summed E-state index contributed by atoms with van der Waals surface area (Å²) >= 11 is 4.96. The Morgan fingerprint density at radius 3 is 2.79 bits per heavy atom. The van der Waals surface area contributed by atoms with E-state index in [1.165, 1.54) is 0 Å². The van der Waals surface area contributed by atoms with E-state index in [9.17, 15) is 8.78 Å². The van der Waals surface area contributed by atoms with Crippen LogP contribution in [0.4, 0.5) is 8.78 Å². The Kier molecular flexibility index (Phi) is 4.19. The molecule has 1 heterocycles. The van der Waals surface area contributed by atoms with Crippen molar-refractivity contribution in [3.63, 3.8) is 0 Å². The molecule has 0 bridgehead atoms. The van der Waals surface area contributed by atoms with Crippen molar-refractivity contribution in [1.82, 2.24) is 4.98 Å². The van der Waals surface area contributed by atoms with Gasteiger partial charge < -0.3 is 0 Å². The van der Waals surface area contributed by atoms with Crippen molar-refractivity contribution in [2.45, 2.75) is 12.8 Å². The van der Waals surface area contributed by atoms with Crippen LogP contribution in [0.15, 0.2) is 10.7 Å². The van der Waals surface area contributed by atoms with E-state index in [0.29, 0.717) is 13.7 Å². The van der Waals surface area contributed by atoms with E-state index in [2.05, 4.69) is 20.9 Å². The van der Waals surface area contributed by atoms with Crippen LogP contribution in [-0.4, -0.2) is 4.98 Å². The molecule has 0 fully saturated rings. The van der Waals surface area contributed by atoms with Gasteiger partial charge in [0.1, 0.15) is 0 Å². The third-order valence-corrected chi connectivity index (χ3v) is 4.30. The molecule has 1 aromatic rings. The van der Waals surface area contributed by atoms with Crippen molar-refractivity contribution in [2.75, 3.05) is 0 Å². The fourth-order valence-electron chi connectivity index (χ4n) is 0.864. The molecule has 14 heavy (non-hydrogen) atoms. The van der Waals surface area contributed by atoms with Gasteiger partial charge >= 0.3 is 0 Å². The van der Waals surface area contributed by atoms with Crippen LogP contribution >= 0.6 is 38.5 Å². The standard InChI is InChI=1S/C8H4BrF2IN2/c9-6-4(8(10)11)3-14-5(1-2-13)7(6)12/h3,8H,1H2. The highest BCUT2D eigenvalue weighted by atomic mass is 127. The fourth-order valence-corrected chi connectivity index (χ4v) is 2.01. The van der Waals surface area contributed by atoms with Crippen molar-refractivity contribution >= 4 is 38.5 Å². The van der Waals surface area contributed by atoms with Crippen LogP contribution in [0.2, 0.25) is 0 Å². The lowest BCUT2D eigenvalue weighted by atomic mass is 10.2. The summed E-state index contributed by atoms with van der Waals surface area (Å²) in [6, 6.07) is 1.93. The van der Waals surface area contributed by atoms with E-state index in [-0.39, 0.29) is 12.0 Å². The smallest absolute Gasteiger partial charge is 0.259 e. The molecule has 2 nitrogen and oxygen atoms in total. The minimum atomic E-state index is -2.55. The molecule has 74 valence electrons. The first-order chi connectivity index (χ1) is 6.57. The largest absolute Gasteiger partial charge is 0.266 e. The van der Waals surface area contributed by atoms with Crippen LogP contribution in [0.3, 0.4) is 0 Å². The van der Waals surface area contributed by atoms with Gasteiger partial charge in [-0.2, -0.15) is 5.26 Å². The number of aromatic nitrogens is 1. The van der Waals surface area contributed by atoms with Crippen molar-refractivity contribution in [3.05, 3.63) is 25.5 Å². The number of pyridine rings is 1. The predicted molar refractivity (Wildman–Crippen MR) is 58.9 cm³/mol. The average molecular weight is 373 g/mol. The van der Waals surface area contributed by atoms with Crippen LogP contribution in [-0.2, 0) is 6.42 Å². The zero-order valence-electron chi connectivity index (χ0n) is 6.77. The SMILES string of the molecule is N#CCc1ncc(C(F)F)c(Br)c1I. The topological polar surface area (TPSA) is 36.7 Å². The zero-order chi connectivity index (χ0) is 10.7. The highest BCUT2D eigenvalue weighted by Gasteiger charge is 2.16. The maximum atomic E-state index is 12.4. The quantitative estimate of drug-likeness (QED) is 0.745. The number of alkyl halides is 2. The second-order valence-corrected chi connectivity index (χ2v) is 4.30. The summed E-state index contributed by atoms with van der Waals surface area (Å²) < 4.78 is 25.7. The summed E-state index contributed by atoms with van der Waals surface area (Å²) in [7, 11) is 0. The second kappa shape index (κ2) is 4.98. The Labute approximate surface area is 102 Å². The molecule has 0 N–H and O–H groups in total. The molecular formula is C8H4BrF2IN2. The number of hydrogen-bond donors (Lipinski definition) is 0. The molecule has 0 radical (unpaired) electrons. The van der Waals surface area contributed by atoms with E-state index in [0.717, 1.165) is 6.20 Å². The summed E-state index contributed by atoms with van der Waals surface area (Å²) in [4.78, 5) is 3.81. The second-order valence-electron chi connectivity index (χ2n) is 2.42. The van der Waals surface area contributed by atoms with Crippen LogP contribution < -0.4 is 0 Å². The Morgan fingerprint density at radius 2 is 2.29 bits per heavy atom. The van der Waals surface area contributed by atoms with Gasteiger partial charge in [0.25, 0.3) is 6.43 Å². The van der Waals surface area contributed by atoms with Crippen LogP contribution in [0.1, 0.15) is 17.7 Å². The first-order valence-corrected chi connectivity index (χ1v) is 5.43. The van der Waals surface area contributed by atoms with E-state index >= 15 is 0 Å². The van der Waals surface area contributed by atoms with Crippen LogP contribution in [0.25, 0.3) is 0 Å². The van der Waals surface area contributed by atoms with Gasteiger partial charge in [0.2, 0.25) is 0 Å². The number of hydrogen-bond acceptors (Lipinski definition) is 2. The Balaban J connectivity index is 3.20. The summed E-state index contributed by atoms with van der Waals surface area (Å²) in [6.45, 7) is 0. The van der Waals surface area contributed by atoms with Crippen molar-refractivity contribution in [1.29, 1.82) is 5.26 Å². The molecule has 0 spiro atoms. The molecule has 0 aliphatic rings. The highest BCUT2D eigenvalue weighted by Crippen LogP contribution is 2.31. The number of nitrogens with zero attached hydrogens (tertiary/aromatic N) is 2. The summed E-state index contributed by atoms with van der Waals surface area (Å²) in [5, 5.41) is 8.46. The van der Waals surface area contributed by atoms with Gasteiger partial charge in [-0.1, -0.05) is 0 Å². The third-order valence-electron chi connectivity index (χ3n) is 1.54. The van der Waals surface area contributed by atoms with Crippen molar-refractivity contribution < 1.29 is 8.78 Å².